The maximum atomic E-state index is 12.0. The van der Waals surface area contributed by atoms with Crippen LogP contribution < -0.4 is 5.32 Å². The number of carbonyl (C=O) groups excluding carboxylic acids is 1. The van der Waals surface area contributed by atoms with Crippen LogP contribution in [0.25, 0.3) is 0 Å². The first-order chi connectivity index (χ1) is 9.60. The lowest BCUT2D eigenvalue weighted by molar-refractivity contribution is 0.0951. The average molecular weight is 355 g/mol. The van der Waals surface area contributed by atoms with E-state index in [9.17, 15) is 4.79 Å². The smallest absolute Gasteiger partial charge is 0.251 e. The summed E-state index contributed by atoms with van der Waals surface area (Å²) in [6.07, 6.45) is 0. The number of rotatable bonds is 4. The molecule has 0 aromatic heterocycles. The highest BCUT2D eigenvalue weighted by Crippen LogP contribution is 2.23. The van der Waals surface area contributed by atoms with Gasteiger partial charge in [0, 0.05) is 16.6 Å². The summed E-state index contributed by atoms with van der Waals surface area (Å²) in [5, 5.41) is 12.5. The molecule has 0 aliphatic heterocycles. The normalized spacial score (nSPS) is 10.3. The second kappa shape index (κ2) is 6.88. The first-order valence-electron chi connectivity index (χ1n) is 6.02. The Balaban J connectivity index is 2.02. The quantitative estimate of drug-likeness (QED) is 0.882. The van der Waals surface area contributed by atoms with Crippen molar-refractivity contribution in [1.29, 1.82) is 0 Å². The van der Waals surface area contributed by atoms with Crippen molar-refractivity contribution in [1.82, 2.24) is 5.32 Å². The Labute approximate surface area is 130 Å². The molecule has 2 aromatic rings. The number of hydrogen-bond donors (Lipinski definition) is 2. The molecule has 0 spiro atoms. The minimum absolute atomic E-state index is 0.00802. The van der Waals surface area contributed by atoms with Crippen LogP contribution in [0.5, 0.6) is 0 Å². The molecule has 104 valence electrons. The minimum Gasteiger partial charge on any atom is -0.392 e. The van der Waals surface area contributed by atoms with Gasteiger partial charge >= 0.3 is 0 Å². The second-order valence-corrected chi connectivity index (χ2v) is 5.55. The van der Waals surface area contributed by atoms with Gasteiger partial charge in [0.1, 0.15) is 0 Å². The molecular weight excluding hydrogens is 342 g/mol. The number of aliphatic hydroxyl groups is 1. The average Bonchev–Trinajstić information content (AvgIpc) is 2.47. The van der Waals surface area contributed by atoms with Crippen molar-refractivity contribution in [3.8, 4) is 0 Å². The molecule has 0 saturated heterocycles. The van der Waals surface area contributed by atoms with E-state index in [1.165, 1.54) is 0 Å². The predicted octanol–water partition coefficient (Wildman–Crippen LogP) is 3.52. The molecule has 5 heteroatoms. The SMILES string of the molecule is O=C(NCc1cccc(CO)c1)c1ccc(Cl)c(Br)c1. The summed E-state index contributed by atoms with van der Waals surface area (Å²) in [4.78, 5) is 12.0. The second-order valence-electron chi connectivity index (χ2n) is 4.29. The molecule has 0 fully saturated rings. The van der Waals surface area contributed by atoms with Crippen molar-refractivity contribution in [3.05, 3.63) is 68.7 Å². The van der Waals surface area contributed by atoms with Crippen LogP contribution in [-0.4, -0.2) is 11.0 Å². The highest BCUT2D eigenvalue weighted by molar-refractivity contribution is 9.10. The summed E-state index contributed by atoms with van der Waals surface area (Å²) in [5.41, 5.74) is 2.31. The van der Waals surface area contributed by atoms with Gasteiger partial charge in [0.2, 0.25) is 0 Å². The fraction of sp³-hybridized carbons (Fsp3) is 0.133. The van der Waals surface area contributed by atoms with E-state index in [1.54, 1.807) is 18.2 Å². The van der Waals surface area contributed by atoms with E-state index in [-0.39, 0.29) is 12.5 Å². The lowest BCUT2D eigenvalue weighted by Gasteiger charge is -2.07. The predicted molar refractivity (Wildman–Crippen MR) is 82.7 cm³/mol. The molecule has 3 nitrogen and oxygen atoms in total. The van der Waals surface area contributed by atoms with Gasteiger partial charge in [-0.1, -0.05) is 35.9 Å². The number of carbonyl (C=O) groups is 1. The Hall–Kier alpha value is -1.36. The molecule has 1 amide bonds. The van der Waals surface area contributed by atoms with Crippen LogP contribution in [0.3, 0.4) is 0 Å². The third-order valence-electron chi connectivity index (χ3n) is 2.81. The molecule has 2 rings (SSSR count). The van der Waals surface area contributed by atoms with E-state index in [0.29, 0.717) is 21.6 Å². The summed E-state index contributed by atoms with van der Waals surface area (Å²) >= 11 is 9.18. The minimum atomic E-state index is -0.170. The third-order valence-corrected chi connectivity index (χ3v) is 4.02. The van der Waals surface area contributed by atoms with Crippen molar-refractivity contribution < 1.29 is 9.90 Å². The van der Waals surface area contributed by atoms with Gasteiger partial charge in [-0.05, 0) is 45.3 Å². The molecule has 0 unspecified atom stereocenters. The lowest BCUT2D eigenvalue weighted by Crippen LogP contribution is -2.22. The van der Waals surface area contributed by atoms with Gasteiger partial charge < -0.3 is 10.4 Å². The third kappa shape index (κ3) is 3.82. The summed E-state index contributed by atoms with van der Waals surface area (Å²) in [6.45, 7) is 0.402. The number of hydrogen-bond acceptors (Lipinski definition) is 2. The molecule has 0 atom stereocenters. The van der Waals surface area contributed by atoms with Crippen LogP contribution in [0.2, 0.25) is 5.02 Å². The summed E-state index contributed by atoms with van der Waals surface area (Å²) in [5.74, 6) is -0.170. The van der Waals surface area contributed by atoms with Crippen molar-refractivity contribution in [2.75, 3.05) is 0 Å². The largest absolute Gasteiger partial charge is 0.392 e. The molecule has 0 heterocycles. The number of benzene rings is 2. The van der Waals surface area contributed by atoms with Gasteiger partial charge in [-0.2, -0.15) is 0 Å². The van der Waals surface area contributed by atoms with Crippen molar-refractivity contribution >= 4 is 33.4 Å². The van der Waals surface area contributed by atoms with E-state index in [2.05, 4.69) is 21.2 Å². The van der Waals surface area contributed by atoms with E-state index in [4.69, 9.17) is 16.7 Å². The van der Waals surface area contributed by atoms with Gasteiger partial charge in [-0.25, -0.2) is 0 Å². The zero-order valence-corrected chi connectivity index (χ0v) is 12.9. The monoisotopic (exact) mass is 353 g/mol. The van der Waals surface area contributed by atoms with Crippen LogP contribution in [0, 0.1) is 0 Å². The molecule has 0 radical (unpaired) electrons. The number of amides is 1. The molecule has 0 bridgehead atoms. The first kappa shape index (κ1) is 15.0. The summed E-state index contributed by atoms with van der Waals surface area (Å²) in [7, 11) is 0. The van der Waals surface area contributed by atoms with Crippen molar-refractivity contribution in [2.24, 2.45) is 0 Å². The molecular formula is C15H13BrClNO2. The summed E-state index contributed by atoms with van der Waals surface area (Å²) < 4.78 is 0.689. The fourth-order valence-corrected chi connectivity index (χ4v) is 2.26. The van der Waals surface area contributed by atoms with Gasteiger partial charge in [0.25, 0.3) is 5.91 Å². The number of aliphatic hydroxyl groups excluding tert-OH is 1. The van der Waals surface area contributed by atoms with Crippen LogP contribution >= 0.6 is 27.5 Å². The van der Waals surface area contributed by atoms with Crippen LogP contribution in [0.4, 0.5) is 0 Å². The standard InChI is InChI=1S/C15H13BrClNO2/c16-13-7-12(4-5-14(13)17)15(20)18-8-10-2-1-3-11(6-10)9-19/h1-7,19H,8-9H2,(H,18,20). The highest BCUT2D eigenvalue weighted by atomic mass is 79.9. The number of nitrogens with one attached hydrogen (secondary N) is 1. The Morgan fingerprint density at radius 2 is 1.95 bits per heavy atom. The topological polar surface area (TPSA) is 49.3 Å². The molecule has 0 saturated carbocycles. The van der Waals surface area contributed by atoms with Gasteiger partial charge in [-0.15, -0.1) is 0 Å². The maximum absolute atomic E-state index is 12.0. The van der Waals surface area contributed by atoms with Crippen LogP contribution in [0.15, 0.2) is 46.9 Å². The molecule has 0 aliphatic rings. The summed E-state index contributed by atoms with van der Waals surface area (Å²) in [6, 6.07) is 12.5. The van der Waals surface area contributed by atoms with Gasteiger partial charge in [0.05, 0.1) is 11.6 Å². The van der Waals surface area contributed by atoms with E-state index in [1.807, 2.05) is 24.3 Å². The van der Waals surface area contributed by atoms with Gasteiger partial charge in [-0.3, -0.25) is 4.79 Å². The zero-order chi connectivity index (χ0) is 14.5. The van der Waals surface area contributed by atoms with Crippen molar-refractivity contribution in [3.63, 3.8) is 0 Å². The van der Waals surface area contributed by atoms with Crippen molar-refractivity contribution in [2.45, 2.75) is 13.2 Å². The molecule has 20 heavy (non-hydrogen) atoms. The Kier molecular flexibility index (Phi) is 5.17. The molecule has 0 aliphatic carbocycles. The zero-order valence-electron chi connectivity index (χ0n) is 10.6. The Morgan fingerprint density at radius 1 is 1.20 bits per heavy atom. The van der Waals surface area contributed by atoms with Crippen LogP contribution in [-0.2, 0) is 13.2 Å². The van der Waals surface area contributed by atoms with E-state index < -0.39 is 0 Å². The highest BCUT2D eigenvalue weighted by Gasteiger charge is 2.07. The maximum Gasteiger partial charge on any atom is 0.251 e. The fourth-order valence-electron chi connectivity index (χ4n) is 1.76. The molecule has 2 N–H and O–H groups in total. The van der Waals surface area contributed by atoms with Gasteiger partial charge in [0.15, 0.2) is 0 Å². The number of halogens is 2. The van der Waals surface area contributed by atoms with E-state index >= 15 is 0 Å². The Bertz CT molecular complexity index is 631. The molecule has 2 aromatic carbocycles. The van der Waals surface area contributed by atoms with Crippen LogP contribution in [0.1, 0.15) is 21.5 Å². The lowest BCUT2D eigenvalue weighted by atomic mass is 10.1. The van der Waals surface area contributed by atoms with E-state index in [0.717, 1.165) is 11.1 Å². The first-order valence-corrected chi connectivity index (χ1v) is 7.19. The Morgan fingerprint density at radius 3 is 2.65 bits per heavy atom.